The third-order valence-corrected chi connectivity index (χ3v) is 13.6. The fourth-order valence-corrected chi connectivity index (χ4v) is 9.53. The van der Waals surface area contributed by atoms with Crippen LogP contribution in [-0.2, 0) is 61.7 Å². The third kappa shape index (κ3) is 23.9. The van der Waals surface area contributed by atoms with Crippen molar-refractivity contribution in [2.24, 2.45) is 0 Å². The Kier molecular flexibility index (Phi) is 34.4. The zero-order valence-corrected chi connectivity index (χ0v) is 47.6. The van der Waals surface area contributed by atoms with Crippen LogP contribution in [0.3, 0.4) is 0 Å². The molecule has 17 nitrogen and oxygen atoms in total. The molecule has 6 aliphatic rings. The number of hydrogen-bond acceptors (Lipinski definition) is 16. The maximum atomic E-state index is 12.3. The van der Waals surface area contributed by atoms with Gasteiger partial charge in [-0.3, -0.25) is 9.59 Å². The molecule has 2 N–H and O–H groups in total. The van der Waals surface area contributed by atoms with Crippen molar-refractivity contribution in [1.29, 1.82) is 0 Å². The molecule has 6 aliphatic heterocycles. The summed E-state index contributed by atoms with van der Waals surface area (Å²) >= 11 is 0. The number of hydrogen-bond donors (Lipinski definition) is 2. The quantitative estimate of drug-likeness (QED) is 0.124. The van der Waals surface area contributed by atoms with Gasteiger partial charge in [-0.05, 0) is 69.2 Å². The van der Waals surface area contributed by atoms with E-state index < -0.39 is 42.4 Å². The summed E-state index contributed by atoms with van der Waals surface area (Å²) in [4.78, 5) is 47.2. The van der Waals surface area contributed by atoms with Gasteiger partial charge >= 0.3 is 47.5 Å². The van der Waals surface area contributed by atoms with Gasteiger partial charge in [0, 0.05) is 68.8 Å². The number of carbonyl (C=O) groups is 4. The molecule has 6 saturated heterocycles. The number of carbonyl (C=O) groups excluding carboxylic acids is 4. The maximum absolute atomic E-state index is 12.3. The van der Waals surface area contributed by atoms with Crippen LogP contribution in [0.4, 0.5) is 0 Å². The molecular weight excluding hydrogens is 1020 g/mol. The van der Waals surface area contributed by atoms with Crippen LogP contribution in [0.1, 0.15) is 142 Å². The molecule has 2 aromatic rings. The number of aliphatic hydroxyl groups is 1. The minimum Gasteiger partial charge on any atom is -1.00 e. The summed E-state index contributed by atoms with van der Waals surface area (Å²) in [6, 6.07) is 15.7. The molecule has 6 heterocycles. The van der Waals surface area contributed by atoms with Crippen molar-refractivity contribution in [3.8, 4) is 0 Å². The van der Waals surface area contributed by atoms with Gasteiger partial charge in [-0.1, -0.05) is 78.9 Å². The average Bonchev–Trinajstić information content (AvgIpc) is 4.28. The van der Waals surface area contributed by atoms with Crippen LogP contribution in [0.25, 0.3) is 0 Å². The van der Waals surface area contributed by atoms with Gasteiger partial charge in [-0.25, -0.2) is 9.59 Å². The first-order valence-electron chi connectivity index (χ1n) is 26.7. The van der Waals surface area contributed by atoms with Crippen molar-refractivity contribution >= 4 is 70.9 Å². The van der Waals surface area contributed by atoms with Crippen molar-refractivity contribution in [3.05, 3.63) is 71.8 Å². The van der Waals surface area contributed by atoms with Gasteiger partial charge in [0.1, 0.15) is 77.6 Å². The molecule has 0 saturated carbocycles. The Balaban J connectivity index is 0.000000550. The van der Waals surface area contributed by atoms with Crippen molar-refractivity contribution in [3.63, 3.8) is 0 Å². The van der Waals surface area contributed by atoms with E-state index in [1.54, 1.807) is 36.4 Å². The minimum atomic E-state index is -0.505. The van der Waals surface area contributed by atoms with E-state index in [4.69, 9.17) is 104 Å². The van der Waals surface area contributed by atoms with E-state index in [9.17, 15) is 19.2 Å². The number of esters is 3. The van der Waals surface area contributed by atoms with E-state index in [2.05, 4.69) is 5.32 Å². The second-order valence-corrected chi connectivity index (χ2v) is 19.5. The Bertz CT molecular complexity index is 2060. The smallest absolute Gasteiger partial charge is 1.00 e. The molecule has 0 spiro atoms. The SMILES string of the molecule is C.C.[B][C@H]1CC(O)[C@@H](CC)O1.[B][C@H]1CC(OC(=O)c2ccccc2)[C@@H](CC)O1.[B][C@H]1CC(OC[C@H]2O[C@@H]([B])CC2OC(=O)CCC(=O)NC)[C@@H](CC)O1.[B][C@H]1CC(OC[C@H]2O[C@@H]([B])CC2OC(=O)c2ccccc2)[C@@H](CC)O1.[H-].[Na+]. The summed E-state index contributed by atoms with van der Waals surface area (Å²) in [5.74, 6) is -1.36. The predicted octanol–water partition coefficient (Wildman–Crippen LogP) is 1.70. The average molecular weight is 1100 g/mol. The van der Waals surface area contributed by atoms with E-state index in [1.807, 2.05) is 52.0 Å². The topological polar surface area (TPSA) is 202 Å². The molecule has 6 unspecified atom stereocenters. The van der Waals surface area contributed by atoms with Gasteiger partial charge in [-0.2, -0.15) is 0 Å². The monoisotopic (exact) mass is 1100 g/mol. The molecule has 79 heavy (non-hydrogen) atoms. The van der Waals surface area contributed by atoms with Crippen LogP contribution < -0.4 is 34.9 Å². The number of amides is 1. The first-order chi connectivity index (χ1) is 36.4. The Hall–Kier alpha value is -2.65. The summed E-state index contributed by atoms with van der Waals surface area (Å²) in [7, 11) is 35.9. The van der Waals surface area contributed by atoms with Gasteiger partial charge in [0.2, 0.25) is 5.91 Å². The van der Waals surface area contributed by atoms with Gasteiger partial charge in [-0.15, -0.1) is 0 Å². The molecule has 1 amide bonds. The molecular formula is C55H82B6NNaO16. The second kappa shape index (κ2) is 37.5. The fourth-order valence-electron chi connectivity index (χ4n) is 9.53. The Labute approximate surface area is 501 Å². The van der Waals surface area contributed by atoms with Crippen LogP contribution >= 0.6 is 0 Å². The van der Waals surface area contributed by atoms with Crippen LogP contribution in [0.2, 0.25) is 0 Å². The molecule has 12 radical (unpaired) electrons. The van der Waals surface area contributed by atoms with Gasteiger partial charge < -0.3 is 64.0 Å². The summed E-state index contributed by atoms with van der Waals surface area (Å²) in [5.41, 5.74) is 1.06. The molecule has 0 aliphatic carbocycles. The van der Waals surface area contributed by atoms with Crippen molar-refractivity contribution in [2.45, 2.75) is 229 Å². The summed E-state index contributed by atoms with van der Waals surface area (Å²) in [5, 5.41) is 11.6. The molecule has 0 aromatic heterocycles. The molecule has 422 valence electrons. The van der Waals surface area contributed by atoms with Gasteiger partial charge in [0.15, 0.2) is 0 Å². The minimum absolute atomic E-state index is 0. The van der Waals surface area contributed by atoms with Crippen molar-refractivity contribution in [2.75, 3.05) is 20.3 Å². The molecule has 8 rings (SSSR count). The van der Waals surface area contributed by atoms with Crippen LogP contribution in [0.15, 0.2) is 60.7 Å². The predicted molar refractivity (Wildman–Crippen MR) is 300 cm³/mol. The number of rotatable bonds is 18. The van der Waals surface area contributed by atoms with Gasteiger partial charge in [0.05, 0.1) is 73.5 Å². The van der Waals surface area contributed by atoms with Gasteiger partial charge in [0.25, 0.3) is 0 Å². The summed E-state index contributed by atoms with van der Waals surface area (Å²) < 4.78 is 61.4. The Morgan fingerprint density at radius 2 is 0.810 bits per heavy atom. The van der Waals surface area contributed by atoms with E-state index in [-0.39, 0.29) is 163 Å². The number of aliphatic hydroxyl groups excluding tert-OH is 1. The first kappa shape index (κ1) is 72.5. The molecule has 18 atom stereocenters. The summed E-state index contributed by atoms with van der Waals surface area (Å²) in [6.07, 6.45) is 3.96. The Morgan fingerprint density at radius 3 is 1.15 bits per heavy atom. The van der Waals surface area contributed by atoms with E-state index >= 15 is 0 Å². The van der Waals surface area contributed by atoms with Crippen molar-refractivity contribution in [1.82, 2.24) is 5.32 Å². The maximum Gasteiger partial charge on any atom is 1.00 e. The summed E-state index contributed by atoms with van der Waals surface area (Å²) in [6.45, 7) is 8.55. The molecule has 6 fully saturated rings. The largest absolute Gasteiger partial charge is 1.00 e. The number of benzene rings is 2. The van der Waals surface area contributed by atoms with Crippen LogP contribution in [0.5, 0.6) is 0 Å². The van der Waals surface area contributed by atoms with E-state index in [1.165, 1.54) is 7.05 Å². The number of ether oxygens (including phenoxy) is 11. The van der Waals surface area contributed by atoms with E-state index in [0.29, 0.717) is 49.7 Å². The van der Waals surface area contributed by atoms with Crippen molar-refractivity contribution < 1.29 is 107 Å². The normalized spacial score (nSPS) is 33.0. The van der Waals surface area contributed by atoms with E-state index in [0.717, 1.165) is 25.7 Å². The Morgan fingerprint density at radius 1 is 0.494 bits per heavy atom. The number of nitrogens with one attached hydrogen (secondary N) is 1. The zero-order chi connectivity index (χ0) is 55.3. The first-order valence-corrected chi connectivity index (χ1v) is 26.7. The molecule has 0 bridgehead atoms. The standard InChI is InChI=1S/C18H22B2O5.C16H25B2NO6.C13H15BO3.C6H11BO2.2CH4.Na.H/c1-2-12-13(8-16(19)23-12)22-10-15-14(9-17(20)24-15)25-18(21)11-6-4-3-5-7-11;1-3-9-10(6-13(17)23-9)22-8-12-11(7-14(18)24-12)25-16(21)5-4-15(20)19-2;1-2-10-11(8-12(14)16-10)17-13(15)9-6-4-3-5-7-9;1-2-5-4(8)3-6(7)9-5;;;;/h3-7,12-17H,2,8-10H2,1H3;9-14H,3-8H2,1-2H3,(H,19,20);3-7,10-12H,2,8H2,1H3;4-6,8H,2-3H2,1H3;2*1H4;;/q;;;;;;+1;-1/t12-,13?,14?,15-,16-,17-;9-,10?,11?,12-,13-,14-;10-,11?,12-;4?,5-,6-;;;;/m1111..../s1. The van der Waals surface area contributed by atoms with Crippen LogP contribution in [-0.4, -0.2) is 206 Å². The zero-order valence-electron chi connectivity index (χ0n) is 46.6. The fraction of sp³-hybridized carbons (Fsp3) is 0.709. The van der Waals surface area contributed by atoms with Crippen LogP contribution in [0, 0.1) is 0 Å². The second-order valence-electron chi connectivity index (χ2n) is 19.5. The molecule has 24 heteroatoms. The third-order valence-electron chi connectivity index (χ3n) is 13.6. The molecule has 2 aromatic carbocycles.